The molecule has 0 aliphatic carbocycles. The Kier molecular flexibility index (Phi) is 6.25. The van der Waals surface area contributed by atoms with Gasteiger partial charge in [-0.2, -0.15) is 10.3 Å². The molecule has 0 saturated carbocycles. The summed E-state index contributed by atoms with van der Waals surface area (Å²) in [5, 5.41) is 18.7. The molecule has 3 aromatic rings. The summed E-state index contributed by atoms with van der Waals surface area (Å²) in [7, 11) is 0. The minimum Gasteiger partial charge on any atom is -0.288 e. The van der Waals surface area contributed by atoms with Crippen molar-refractivity contribution < 1.29 is 14.1 Å². The molecule has 3 heterocycles. The summed E-state index contributed by atoms with van der Waals surface area (Å²) in [6, 6.07) is 15.4. The van der Waals surface area contributed by atoms with E-state index in [-0.39, 0.29) is 17.5 Å². The second-order valence-electron chi connectivity index (χ2n) is 6.86. The number of hydrogen-bond donors (Lipinski definition) is 1. The second-order valence-corrected chi connectivity index (χ2v) is 7.83. The maximum absolute atomic E-state index is 12.4. The highest BCUT2D eigenvalue weighted by Gasteiger charge is 2.23. The van der Waals surface area contributed by atoms with Gasteiger partial charge >= 0.3 is 5.88 Å². The lowest BCUT2D eigenvalue weighted by atomic mass is 10.1. The Balaban J connectivity index is 1.39. The van der Waals surface area contributed by atoms with Crippen LogP contribution < -0.4 is 15.1 Å². The molecule has 9 heteroatoms. The number of nitriles is 1. The molecular formula is C21H21N6O2S+. The van der Waals surface area contributed by atoms with Gasteiger partial charge in [-0.25, -0.2) is 4.98 Å². The fourth-order valence-electron chi connectivity index (χ4n) is 3.22. The first kappa shape index (κ1) is 19.9. The van der Waals surface area contributed by atoms with Gasteiger partial charge in [-0.05, 0) is 31.4 Å². The Hall–Kier alpha value is -3.38. The lowest BCUT2D eigenvalue weighted by molar-refractivity contribution is -0.759. The molecule has 152 valence electrons. The lowest BCUT2D eigenvalue weighted by Gasteiger charge is -2.17. The topological polar surface area (TPSA) is 98.9 Å². The number of piperidine rings is 1. The molecule has 2 aromatic heterocycles. The average Bonchev–Trinajstić information content (AvgIpc) is 3.27. The van der Waals surface area contributed by atoms with E-state index in [2.05, 4.69) is 26.7 Å². The van der Waals surface area contributed by atoms with Gasteiger partial charge < -0.3 is 0 Å². The minimum absolute atomic E-state index is 0.102. The Morgan fingerprint density at radius 1 is 1.20 bits per heavy atom. The van der Waals surface area contributed by atoms with Gasteiger partial charge in [0.25, 0.3) is 6.20 Å². The summed E-state index contributed by atoms with van der Waals surface area (Å²) in [5.74, 6) is 0.139. The molecule has 0 atom stereocenters. The molecule has 0 bridgehead atoms. The number of amides is 1. The predicted molar refractivity (Wildman–Crippen MR) is 112 cm³/mol. The molecule has 0 unspecified atom stereocenters. The van der Waals surface area contributed by atoms with Crippen LogP contribution in [0.5, 0.6) is 0 Å². The maximum atomic E-state index is 12.4. The van der Waals surface area contributed by atoms with Crippen LogP contribution in [0.15, 0.2) is 58.2 Å². The third kappa shape index (κ3) is 4.78. The average molecular weight is 422 g/mol. The number of rotatable bonds is 6. The Labute approximate surface area is 178 Å². The van der Waals surface area contributed by atoms with Crippen molar-refractivity contribution in [3.63, 3.8) is 0 Å². The number of nitrogens with one attached hydrogen (secondary N) is 1. The lowest BCUT2D eigenvalue weighted by Crippen LogP contribution is -2.60. The molecule has 0 radical (unpaired) electrons. The number of carbonyl (C=O) groups excluding carboxylic acids is 1. The number of pyridine rings is 1. The summed E-state index contributed by atoms with van der Waals surface area (Å²) in [6.07, 6.45) is 5.13. The van der Waals surface area contributed by atoms with Gasteiger partial charge in [0.1, 0.15) is 11.1 Å². The zero-order valence-corrected chi connectivity index (χ0v) is 17.1. The molecule has 4 rings (SSSR count). The van der Waals surface area contributed by atoms with E-state index < -0.39 is 0 Å². The molecule has 1 amide bonds. The van der Waals surface area contributed by atoms with Crippen molar-refractivity contribution >= 4 is 23.6 Å². The van der Waals surface area contributed by atoms with Gasteiger partial charge in [0.15, 0.2) is 0 Å². The van der Waals surface area contributed by atoms with Crippen molar-refractivity contribution in [3.05, 3.63) is 54.2 Å². The first-order valence-corrected chi connectivity index (χ1v) is 10.7. The van der Waals surface area contributed by atoms with Crippen LogP contribution in [0.3, 0.4) is 0 Å². The Bertz CT molecular complexity index is 1060. The molecule has 1 aromatic carbocycles. The monoisotopic (exact) mass is 421 g/mol. The molecule has 0 spiro atoms. The van der Waals surface area contributed by atoms with Crippen molar-refractivity contribution in [2.45, 2.75) is 24.3 Å². The van der Waals surface area contributed by atoms with E-state index in [9.17, 15) is 10.1 Å². The number of anilines is 1. The van der Waals surface area contributed by atoms with E-state index in [1.165, 1.54) is 18.2 Å². The van der Waals surface area contributed by atoms with E-state index in [0.717, 1.165) is 37.2 Å². The molecule has 1 aliphatic heterocycles. The normalized spacial score (nSPS) is 13.6. The molecular weight excluding hydrogens is 400 g/mol. The first-order chi connectivity index (χ1) is 14.7. The highest BCUT2D eigenvalue weighted by molar-refractivity contribution is 8.00. The zero-order chi connectivity index (χ0) is 20.8. The fourth-order valence-corrected chi connectivity index (χ4v) is 3.99. The molecule has 1 aliphatic rings. The van der Waals surface area contributed by atoms with E-state index in [0.29, 0.717) is 10.6 Å². The number of nitrogens with zero attached hydrogens (tertiary/aromatic N) is 5. The largest absolute Gasteiger partial charge is 0.305 e. The quantitative estimate of drug-likeness (QED) is 0.483. The molecule has 8 nitrogen and oxygen atoms in total. The molecule has 1 fully saturated rings. The van der Waals surface area contributed by atoms with Gasteiger partial charge in [-0.1, -0.05) is 42.1 Å². The smallest absolute Gasteiger partial charge is 0.288 e. The summed E-state index contributed by atoms with van der Waals surface area (Å²) in [4.78, 5) is 18.6. The summed E-state index contributed by atoms with van der Waals surface area (Å²) < 4.78 is 5.22. The van der Waals surface area contributed by atoms with Crippen molar-refractivity contribution in [2.24, 2.45) is 0 Å². The maximum Gasteiger partial charge on any atom is 0.305 e. The highest BCUT2D eigenvalue weighted by atomic mass is 32.2. The van der Waals surface area contributed by atoms with Gasteiger partial charge in [-0.15, -0.1) is 0 Å². The number of aromatic nitrogens is 3. The third-order valence-electron chi connectivity index (χ3n) is 4.73. The highest BCUT2D eigenvalue weighted by Crippen LogP contribution is 2.25. The summed E-state index contributed by atoms with van der Waals surface area (Å²) >= 11 is 1.22. The van der Waals surface area contributed by atoms with Crippen LogP contribution >= 0.6 is 11.8 Å². The standard InChI is InChI=1S/C21H20N6O2S/c22-13-17-9-10-18(16-7-3-1-4-8-16)23-21(17)30-15-19(28)24-20-14-27(25-29-20)26-11-5-2-6-12-26/h1,3-4,7-10,14H,2,5-6,11-12,15H2/p+1. The van der Waals surface area contributed by atoms with Crippen LogP contribution in [-0.2, 0) is 4.79 Å². The minimum atomic E-state index is -0.252. The number of carbonyl (C=O) groups is 1. The predicted octanol–water partition coefficient (Wildman–Crippen LogP) is 2.75. The van der Waals surface area contributed by atoms with Crippen LogP contribution in [0.1, 0.15) is 24.8 Å². The molecule has 30 heavy (non-hydrogen) atoms. The summed E-state index contributed by atoms with van der Waals surface area (Å²) in [6.45, 7) is 1.83. The van der Waals surface area contributed by atoms with Gasteiger partial charge in [0.05, 0.1) is 34.9 Å². The second kappa shape index (κ2) is 9.41. The number of benzene rings is 1. The van der Waals surface area contributed by atoms with Gasteiger partial charge in [-0.3, -0.25) is 14.6 Å². The van der Waals surface area contributed by atoms with Crippen molar-refractivity contribution in [3.8, 4) is 17.3 Å². The molecule has 1 N–H and O–H groups in total. The fraction of sp³-hybridized carbons (Fsp3) is 0.286. The van der Waals surface area contributed by atoms with E-state index >= 15 is 0 Å². The number of thioether (sulfide) groups is 1. The Morgan fingerprint density at radius 3 is 2.77 bits per heavy atom. The first-order valence-electron chi connectivity index (χ1n) is 9.76. The van der Waals surface area contributed by atoms with Crippen molar-refractivity contribution in [1.82, 2.24) is 10.3 Å². The Morgan fingerprint density at radius 2 is 2.00 bits per heavy atom. The summed E-state index contributed by atoms with van der Waals surface area (Å²) in [5.41, 5.74) is 2.16. The van der Waals surface area contributed by atoms with E-state index in [1.807, 2.05) is 36.4 Å². The van der Waals surface area contributed by atoms with Crippen molar-refractivity contribution in [2.75, 3.05) is 29.2 Å². The van der Waals surface area contributed by atoms with Crippen LogP contribution in [-0.4, -0.2) is 35.0 Å². The third-order valence-corrected chi connectivity index (χ3v) is 5.72. The van der Waals surface area contributed by atoms with Crippen LogP contribution in [0.25, 0.3) is 11.3 Å². The van der Waals surface area contributed by atoms with Crippen molar-refractivity contribution in [1.29, 1.82) is 5.26 Å². The SMILES string of the molecule is N#Cc1ccc(-c2ccccc2)nc1SCC(=O)Nc1c[n+](N2CCCCC2)no1. The van der Waals surface area contributed by atoms with E-state index in [1.54, 1.807) is 17.1 Å². The van der Waals surface area contributed by atoms with Gasteiger partial charge in [0, 0.05) is 5.56 Å². The van der Waals surface area contributed by atoms with E-state index in [4.69, 9.17) is 4.52 Å². The van der Waals surface area contributed by atoms with Crippen LogP contribution in [0.4, 0.5) is 5.88 Å². The number of hydrogen-bond acceptors (Lipinski definition) is 7. The zero-order valence-electron chi connectivity index (χ0n) is 16.3. The van der Waals surface area contributed by atoms with Crippen LogP contribution in [0, 0.1) is 11.3 Å². The van der Waals surface area contributed by atoms with Gasteiger partial charge in [0.2, 0.25) is 11.2 Å². The molecule has 1 saturated heterocycles. The van der Waals surface area contributed by atoms with Crippen LogP contribution in [0.2, 0.25) is 0 Å².